The van der Waals surface area contributed by atoms with Crippen molar-refractivity contribution in [3.05, 3.63) is 29.3 Å². The van der Waals surface area contributed by atoms with Crippen LogP contribution in [0.4, 0.5) is 5.69 Å². The molecule has 4 heteroatoms. The van der Waals surface area contributed by atoms with Gasteiger partial charge in [-0.15, -0.1) is 0 Å². The lowest BCUT2D eigenvalue weighted by Crippen LogP contribution is -2.40. The highest BCUT2D eigenvalue weighted by Crippen LogP contribution is 2.16. The van der Waals surface area contributed by atoms with E-state index in [0.717, 1.165) is 6.42 Å². The summed E-state index contributed by atoms with van der Waals surface area (Å²) in [6.07, 6.45) is 0.879. The van der Waals surface area contributed by atoms with Crippen molar-refractivity contribution in [2.45, 2.75) is 26.3 Å². The van der Waals surface area contributed by atoms with Gasteiger partial charge in [0.1, 0.15) is 0 Å². The average molecular weight is 241 g/mol. The maximum atomic E-state index is 11.7. The van der Waals surface area contributed by atoms with Crippen LogP contribution in [0.1, 0.15) is 20.3 Å². The average Bonchev–Trinajstić information content (AvgIpc) is 2.27. The number of carbonyl (C=O) groups is 1. The van der Waals surface area contributed by atoms with Crippen LogP contribution < -0.4 is 11.1 Å². The first-order chi connectivity index (χ1) is 7.54. The molecule has 0 aliphatic carbocycles. The fraction of sp³-hybridized carbons (Fsp3) is 0.417. The summed E-state index contributed by atoms with van der Waals surface area (Å²) in [6, 6.07) is 6.54. The van der Waals surface area contributed by atoms with Crippen molar-refractivity contribution in [3.8, 4) is 0 Å². The molecule has 3 N–H and O–H groups in total. The molecule has 1 aromatic carbocycles. The van der Waals surface area contributed by atoms with E-state index < -0.39 is 6.04 Å². The number of carbonyl (C=O) groups excluding carboxylic acids is 1. The quantitative estimate of drug-likeness (QED) is 0.850. The summed E-state index contributed by atoms with van der Waals surface area (Å²) in [5, 5.41) is 3.34. The van der Waals surface area contributed by atoms with E-state index in [0.29, 0.717) is 10.7 Å². The Balaban J connectivity index is 2.64. The van der Waals surface area contributed by atoms with Gasteiger partial charge < -0.3 is 11.1 Å². The predicted molar refractivity (Wildman–Crippen MR) is 67.5 cm³/mol. The number of rotatable bonds is 4. The molecule has 0 bridgehead atoms. The van der Waals surface area contributed by atoms with Crippen LogP contribution in [0.5, 0.6) is 0 Å². The molecule has 1 unspecified atom stereocenters. The van der Waals surface area contributed by atoms with E-state index in [2.05, 4.69) is 5.32 Å². The van der Waals surface area contributed by atoms with Crippen molar-refractivity contribution in [2.75, 3.05) is 5.32 Å². The number of halogens is 1. The first kappa shape index (κ1) is 13.0. The lowest BCUT2D eigenvalue weighted by atomic mass is 9.99. The number of hydrogen-bond acceptors (Lipinski definition) is 2. The smallest absolute Gasteiger partial charge is 0.241 e. The zero-order chi connectivity index (χ0) is 12.1. The molecule has 0 spiro atoms. The SMILES string of the molecule is CCC(C)[C@H](N)C(=O)Nc1cccc(Cl)c1. The van der Waals surface area contributed by atoms with Crippen molar-refractivity contribution in [3.63, 3.8) is 0 Å². The van der Waals surface area contributed by atoms with E-state index in [1.54, 1.807) is 24.3 Å². The zero-order valence-electron chi connectivity index (χ0n) is 9.53. The largest absolute Gasteiger partial charge is 0.325 e. The fourth-order valence-corrected chi connectivity index (χ4v) is 1.49. The maximum absolute atomic E-state index is 11.7. The van der Waals surface area contributed by atoms with Crippen LogP contribution >= 0.6 is 11.6 Å². The van der Waals surface area contributed by atoms with E-state index in [4.69, 9.17) is 17.3 Å². The van der Waals surface area contributed by atoms with Crippen LogP contribution in [0.25, 0.3) is 0 Å². The van der Waals surface area contributed by atoms with Crippen molar-refractivity contribution in [1.82, 2.24) is 0 Å². The van der Waals surface area contributed by atoms with Gasteiger partial charge in [-0.3, -0.25) is 4.79 Å². The second kappa shape index (κ2) is 5.87. The van der Waals surface area contributed by atoms with Crippen LogP contribution in [-0.2, 0) is 4.79 Å². The second-order valence-corrected chi connectivity index (χ2v) is 4.35. The zero-order valence-corrected chi connectivity index (χ0v) is 10.3. The Morgan fingerprint density at radius 2 is 2.25 bits per heavy atom. The van der Waals surface area contributed by atoms with Gasteiger partial charge in [-0.2, -0.15) is 0 Å². The molecule has 0 fully saturated rings. The van der Waals surface area contributed by atoms with E-state index in [9.17, 15) is 4.79 Å². The number of anilines is 1. The molecule has 1 rings (SSSR count). The van der Waals surface area contributed by atoms with E-state index in [-0.39, 0.29) is 11.8 Å². The van der Waals surface area contributed by atoms with Crippen LogP contribution in [0.15, 0.2) is 24.3 Å². The summed E-state index contributed by atoms with van der Waals surface area (Å²) in [6.45, 7) is 3.97. The Kier molecular flexibility index (Phi) is 4.77. The van der Waals surface area contributed by atoms with E-state index >= 15 is 0 Å². The lowest BCUT2D eigenvalue weighted by Gasteiger charge is -2.17. The topological polar surface area (TPSA) is 55.1 Å². The summed E-state index contributed by atoms with van der Waals surface area (Å²) in [5.74, 6) is -0.00389. The molecule has 0 aromatic heterocycles. The van der Waals surface area contributed by atoms with Crippen molar-refractivity contribution >= 4 is 23.2 Å². The maximum Gasteiger partial charge on any atom is 0.241 e. The van der Waals surface area contributed by atoms with Crippen LogP contribution in [0.2, 0.25) is 5.02 Å². The summed E-state index contributed by atoms with van der Waals surface area (Å²) >= 11 is 5.82. The van der Waals surface area contributed by atoms with Crippen molar-refractivity contribution in [2.24, 2.45) is 11.7 Å². The minimum Gasteiger partial charge on any atom is -0.325 e. The molecule has 2 atom stereocenters. The van der Waals surface area contributed by atoms with Gasteiger partial charge in [0.25, 0.3) is 0 Å². The van der Waals surface area contributed by atoms with Gasteiger partial charge in [0.05, 0.1) is 6.04 Å². The molecular weight excluding hydrogens is 224 g/mol. The standard InChI is InChI=1S/C12H17ClN2O/c1-3-8(2)11(14)12(16)15-10-6-4-5-9(13)7-10/h4-8,11H,3,14H2,1-2H3,(H,15,16)/t8?,11-/m0/s1. The third kappa shape index (κ3) is 3.51. The molecule has 0 aliphatic heterocycles. The summed E-state index contributed by atoms with van der Waals surface area (Å²) in [5.41, 5.74) is 6.49. The molecular formula is C12H17ClN2O. The number of nitrogens with two attached hydrogens (primary N) is 1. The Hall–Kier alpha value is -1.06. The fourth-order valence-electron chi connectivity index (χ4n) is 1.30. The third-order valence-electron chi connectivity index (χ3n) is 2.65. The first-order valence-corrected chi connectivity index (χ1v) is 5.74. The number of benzene rings is 1. The van der Waals surface area contributed by atoms with Crippen LogP contribution in [0.3, 0.4) is 0 Å². The minimum atomic E-state index is -0.482. The van der Waals surface area contributed by atoms with E-state index in [1.807, 2.05) is 13.8 Å². The molecule has 88 valence electrons. The van der Waals surface area contributed by atoms with Gasteiger partial charge in [-0.05, 0) is 24.1 Å². The second-order valence-electron chi connectivity index (χ2n) is 3.91. The summed E-state index contributed by atoms with van der Waals surface area (Å²) in [4.78, 5) is 11.7. The van der Waals surface area contributed by atoms with Gasteiger partial charge in [0.15, 0.2) is 0 Å². The van der Waals surface area contributed by atoms with Gasteiger partial charge in [-0.25, -0.2) is 0 Å². The van der Waals surface area contributed by atoms with Gasteiger partial charge >= 0.3 is 0 Å². The Labute approximate surface area is 101 Å². The number of amides is 1. The molecule has 16 heavy (non-hydrogen) atoms. The van der Waals surface area contributed by atoms with Crippen LogP contribution in [0, 0.1) is 5.92 Å². The van der Waals surface area contributed by atoms with Gasteiger partial charge in [-0.1, -0.05) is 37.9 Å². The molecule has 1 aromatic rings. The first-order valence-electron chi connectivity index (χ1n) is 5.36. The monoisotopic (exact) mass is 240 g/mol. The Bertz CT molecular complexity index is 368. The van der Waals surface area contributed by atoms with Gasteiger partial charge in [0.2, 0.25) is 5.91 Å². The summed E-state index contributed by atoms with van der Waals surface area (Å²) < 4.78 is 0. The highest BCUT2D eigenvalue weighted by Gasteiger charge is 2.19. The normalized spacial score (nSPS) is 14.2. The highest BCUT2D eigenvalue weighted by atomic mass is 35.5. The van der Waals surface area contributed by atoms with E-state index in [1.165, 1.54) is 0 Å². The molecule has 0 aliphatic rings. The Morgan fingerprint density at radius 3 is 2.81 bits per heavy atom. The van der Waals surface area contributed by atoms with Gasteiger partial charge in [0, 0.05) is 10.7 Å². The number of nitrogens with one attached hydrogen (secondary N) is 1. The molecule has 0 heterocycles. The molecule has 0 radical (unpaired) electrons. The Morgan fingerprint density at radius 1 is 1.56 bits per heavy atom. The third-order valence-corrected chi connectivity index (χ3v) is 2.89. The van der Waals surface area contributed by atoms with Crippen molar-refractivity contribution in [1.29, 1.82) is 0 Å². The highest BCUT2D eigenvalue weighted by molar-refractivity contribution is 6.30. The summed E-state index contributed by atoms with van der Waals surface area (Å²) in [7, 11) is 0. The lowest BCUT2D eigenvalue weighted by molar-refractivity contribution is -0.118. The molecule has 1 amide bonds. The molecule has 0 saturated carbocycles. The predicted octanol–water partition coefficient (Wildman–Crippen LogP) is 2.65. The molecule has 3 nitrogen and oxygen atoms in total. The number of hydrogen-bond donors (Lipinski definition) is 2. The molecule has 0 saturated heterocycles. The van der Waals surface area contributed by atoms with Crippen molar-refractivity contribution < 1.29 is 4.79 Å². The minimum absolute atomic E-state index is 0.166. The van der Waals surface area contributed by atoms with Crippen LogP contribution in [-0.4, -0.2) is 11.9 Å².